The lowest BCUT2D eigenvalue weighted by Crippen LogP contribution is -2.44. The Kier molecular flexibility index (Phi) is 6.82. The summed E-state index contributed by atoms with van der Waals surface area (Å²) in [5.41, 5.74) is 5.07. The quantitative estimate of drug-likeness (QED) is 0.503. The molecule has 2 aromatic carbocycles. The SMILES string of the molecule is C=CC(=O)NC1=CC=CC(c2cccc3cnc(Nc4ccc(N5CCN(C)CC5)cc4)nc23)C1C. The molecule has 0 radical (unpaired) electrons. The number of likely N-dealkylation sites (N-methyl/N-ethyl adjacent to an activating group) is 1. The maximum atomic E-state index is 11.9. The third-order valence-corrected chi connectivity index (χ3v) is 7.07. The van der Waals surface area contributed by atoms with Gasteiger partial charge in [0, 0.05) is 66.7 Å². The van der Waals surface area contributed by atoms with Crippen LogP contribution in [0.25, 0.3) is 10.9 Å². The van der Waals surface area contributed by atoms with Gasteiger partial charge in [0.1, 0.15) is 0 Å². The van der Waals surface area contributed by atoms with Crippen molar-refractivity contribution in [3.8, 4) is 0 Å². The molecule has 1 saturated heterocycles. The van der Waals surface area contributed by atoms with E-state index in [1.54, 1.807) is 0 Å². The highest BCUT2D eigenvalue weighted by Gasteiger charge is 2.25. The Morgan fingerprint density at radius 2 is 1.89 bits per heavy atom. The van der Waals surface area contributed by atoms with Crippen LogP contribution in [0.3, 0.4) is 0 Å². The summed E-state index contributed by atoms with van der Waals surface area (Å²) in [6.07, 6.45) is 9.25. The Morgan fingerprint density at radius 3 is 2.64 bits per heavy atom. The second-order valence-corrected chi connectivity index (χ2v) is 9.46. The second kappa shape index (κ2) is 10.3. The number of nitrogens with zero attached hydrogens (tertiary/aromatic N) is 4. The molecule has 2 heterocycles. The molecule has 1 fully saturated rings. The minimum atomic E-state index is -0.201. The number of nitrogens with one attached hydrogen (secondary N) is 2. The highest BCUT2D eigenvalue weighted by molar-refractivity contribution is 5.88. The summed E-state index contributed by atoms with van der Waals surface area (Å²) in [4.78, 5) is 26.1. The molecule has 1 aromatic heterocycles. The van der Waals surface area contributed by atoms with Gasteiger partial charge in [-0.25, -0.2) is 9.97 Å². The number of allylic oxidation sites excluding steroid dienone is 4. The molecule has 0 bridgehead atoms. The van der Waals surface area contributed by atoms with E-state index in [1.807, 2.05) is 30.5 Å². The molecular weight excluding hydrogens is 448 g/mol. The van der Waals surface area contributed by atoms with Crippen LogP contribution in [0.4, 0.5) is 17.3 Å². The molecule has 2 N–H and O–H groups in total. The number of fused-ring (bicyclic) bond motifs is 1. The van der Waals surface area contributed by atoms with E-state index < -0.39 is 0 Å². The Labute approximate surface area is 212 Å². The number of para-hydroxylation sites is 1. The van der Waals surface area contributed by atoms with Crippen LogP contribution in [0.2, 0.25) is 0 Å². The van der Waals surface area contributed by atoms with Crippen molar-refractivity contribution in [3.63, 3.8) is 0 Å². The molecular formula is C29H32N6O. The molecule has 5 rings (SSSR count). The number of rotatable bonds is 6. The van der Waals surface area contributed by atoms with E-state index in [-0.39, 0.29) is 17.7 Å². The van der Waals surface area contributed by atoms with Gasteiger partial charge in [-0.05, 0) is 49.0 Å². The Balaban J connectivity index is 1.37. The molecule has 0 spiro atoms. The highest BCUT2D eigenvalue weighted by Crippen LogP contribution is 2.36. The van der Waals surface area contributed by atoms with Crippen molar-refractivity contribution in [1.29, 1.82) is 0 Å². The number of amides is 1. The Bertz CT molecular complexity index is 1320. The number of aromatic nitrogens is 2. The molecule has 36 heavy (non-hydrogen) atoms. The number of carbonyl (C=O) groups is 1. The molecule has 3 aromatic rings. The third-order valence-electron chi connectivity index (χ3n) is 7.07. The first-order valence-corrected chi connectivity index (χ1v) is 12.4. The van der Waals surface area contributed by atoms with Crippen LogP contribution < -0.4 is 15.5 Å². The van der Waals surface area contributed by atoms with Crippen LogP contribution in [0.1, 0.15) is 18.4 Å². The van der Waals surface area contributed by atoms with Crippen LogP contribution in [0.15, 0.2) is 85.2 Å². The van der Waals surface area contributed by atoms with Gasteiger partial charge in [-0.3, -0.25) is 4.79 Å². The lowest BCUT2D eigenvalue weighted by atomic mass is 9.81. The number of carbonyl (C=O) groups excluding carboxylic acids is 1. The zero-order valence-corrected chi connectivity index (χ0v) is 20.8. The molecule has 184 valence electrons. The summed E-state index contributed by atoms with van der Waals surface area (Å²) < 4.78 is 0. The number of hydrogen-bond donors (Lipinski definition) is 2. The summed E-state index contributed by atoms with van der Waals surface area (Å²) in [6, 6.07) is 14.6. The summed E-state index contributed by atoms with van der Waals surface area (Å²) in [6.45, 7) is 9.93. The van der Waals surface area contributed by atoms with Crippen LogP contribution >= 0.6 is 0 Å². The average Bonchev–Trinajstić information content (AvgIpc) is 2.90. The summed E-state index contributed by atoms with van der Waals surface area (Å²) in [7, 11) is 2.17. The zero-order chi connectivity index (χ0) is 25.1. The van der Waals surface area contributed by atoms with E-state index in [9.17, 15) is 4.79 Å². The minimum absolute atomic E-state index is 0.0736. The molecule has 2 aliphatic rings. The molecule has 1 aliphatic heterocycles. The fraction of sp³-hybridized carbons (Fsp3) is 0.276. The van der Waals surface area contributed by atoms with Gasteiger partial charge < -0.3 is 20.4 Å². The van der Waals surface area contributed by atoms with Crippen molar-refractivity contribution < 1.29 is 4.79 Å². The summed E-state index contributed by atoms with van der Waals surface area (Å²) >= 11 is 0. The molecule has 2 unspecified atom stereocenters. The minimum Gasteiger partial charge on any atom is -0.369 e. The first-order chi connectivity index (χ1) is 17.5. The first-order valence-electron chi connectivity index (χ1n) is 12.4. The van der Waals surface area contributed by atoms with Crippen LogP contribution in [-0.2, 0) is 4.79 Å². The van der Waals surface area contributed by atoms with Gasteiger partial charge in [-0.2, -0.15) is 0 Å². The Hall–Kier alpha value is -3.97. The van der Waals surface area contributed by atoms with Gasteiger partial charge >= 0.3 is 0 Å². The molecule has 1 aliphatic carbocycles. The van der Waals surface area contributed by atoms with Gasteiger partial charge in [0.05, 0.1) is 5.52 Å². The third kappa shape index (κ3) is 5.02. The lowest BCUT2D eigenvalue weighted by molar-refractivity contribution is -0.115. The number of anilines is 3. The van der Waals surface area contributed by atoms with Gasteiger partial charge in [0.25, 0.3) is 0 Å². The van der Waals surface area contributed by atoms with E-state index in [0.717, 1.165) is 54.0 Å². The zero-order valence-electron chi connectivity index (χ0n) is 20.8. The van der Waals surface area contributed by atoms with Gasteiger partial charge in [0.2, 0.25) is 11.9 Å². The van der Waals surface area contributed by atoms with Crippen molar-refractivity contribution in [2.45, 2.75) is 12.8 Å². The smallest absolute Gasteiger partial charge is 0.247 e. The molecule has 1 amide bonds. The number of piperazine rings is 1. The maximum absolute atomic E-state index is 11.9. The first kappa shape index (κ1) is 23.8. The number of hydrogen-bond acceptors (Lipinski definition) is 6. The standard InChI is InChI=1S/C29H32N6O/c1-4-27(36)32-26-10-6-8-24(20(26)2)25-9-5-7-21-19-30-29(33-28(21)25)31-22-11-13-23(14-12-22)35-17-15-34(3)16-18-35/h4-14,19-20,24H,1,15-18H2,2-3H3,(H,32,36)(H,30,31,33). The monoisotopic (exact) mass is 480 g/mol. The fourth-order valence-electron chi connectivity index (χ4n) is 4.87. The summed E-state index contributed by atoms with van der Waals surface area (Å²) in [5, 5.41) is 7.29. The van der Waals surface area contributed by atoms with E-state index in [4.69, 9.17) is 4.98 Å². The lowest BCUT2D eigenvalue weighted by Gasteiger charge is -2.34. The average molecular weight is 481 g/mol. The molecule has 7 heteroatoms. The van der Waals surface area contributed by atoms with Crippen molar-refractivity contribution in [1.82, 2.24) is 20.2 Å². The van der Waals surface area contributed by atoms with Gasteiger partial charge in [-0.1, -0.05) is 43.9 Å². The van der Waals surface area contributed by atoms with Gasteiger partial charge in [-0.15, -0.1) is 0 Å². The predicted octanol–water partition coefficient (Wildman–Crippen LogP) is 4.60. The fourth-order valence-corrected chi connectivity index (χ4v) is 4.87. The van der Waals surface area contributed by atoms with Crippen LogP contribution in [0, 0.1) is 5.92 Å². The van der Waals surface area contributed by atoms with Crippen LogP contribution in [-0.4, -0.2) is 54.0 Å². The molecule has 0 saturated carbocycles. The Morgan fingerprint density at radius 1 is 1.11 bits per heavy atom. The second-order valence-electron chi connectivity index (χ2n) is 9.46. The maximum Gasteiger partial charge on any atom is 0.247 e. The van der Waals surface area contributed by atoms with E-state index in [1.165, 1.54) is 11.8 Å². The van der Waals surface area contributed by atoms with E-state index in [2.05, 4.69) is 82.4 Å². The van der Waals surface area contributed by atoms with E-state index >= 15 is 0 Å². The van der Waals surface area contributed by atoms with E-state index in [0.29, 0.717) is 5.95 Å². The summed E-state index contributed by atoms with van der Waals surface area (Å²) in [5.74, 6) is 0.514. The highest BCUT2D eigenvalue weighted by atomic mass is 16.1. The van der Waals surface area contributed by atoms with Crippen molar-refractivity contribution >= 4 is 34.1 Å². The van der Waals surface area contributed by atoms with Crippen molar-refractivity contribution in [2.24, 2.45) is 5.92 Å². The normalized spacial score (nSPS) is 20.2. The molecule has 2 atom stereocenters. The van der Waals surface area contributed by atoms with Crippen LogP contribution in [0.5, 0.6) is 0 Å². The van der Waals surface area contributed by atoms with Crippen molar-refractivity contribution in [2.75, 3.05) is 43.4 Å². The molecule has 7 nitrogen and oxygen atoms in total. The number of benzene rings is 2. The van der Waals surface area contributed by atoms with Gasteiger partial charge in [0.15, 0.2) is 0 Å². The van der Waals surface area contributed by atoms with Crippen molar-refractivity contribution in [3.05, 3.63) is 90.8 Å². The topological polar surface area (TPSA) is 73.4 Å². The predicted molar refractivity (Wildman–Crippen MR) is 146 cm³/mol. The largest absolute Gasteiger partial charge is 0.369 e.